The van der Waals surface area contributed by atoms with Crippen molar-refractivity contribution >= 4 is 0 Å². The minimum atomic E-state index is 0.169. The van der Waals surface area contributed by atoms with Crippen molar-refractivity contribution in [3.05, 3.63) is 54.2 Å². The fraction of sp³-hybridized carbons (Fsp3) is 0.278. The molecule has 1 aliphatic heterocycles. The van der Waals surface area contributed by atoms with E-state index in [-0.39, 0.29) is 12.8 Å². The number of aromatic nitrogens is 4. The zero-order valence-electron chi connectivity index (χ0n) is 14.1. The molecule has 0 amide bonds. The third kappa shape index (κ3) is 3.06. The van der Waals surface area contributed by atoms with E-state index in [4.69, 9.17) is 9.47 Å². The lowest BCUT2D eigenvalue weighted by Gasteiger charge is -2.24. The highest BCUT2D eigenvalue weighted by atomic mass is 16.7. The minimum absolute atomic E-state index is 0.169. The van der Waals surface area contributed by atoms with Gasteiger partial charge in [0.05, 0.1) is 17.6 Å². The molecule has 7 heteroatoms. The molecule has 1 atom stereocenters. The summed E-state index contributed by atoms with van der Waals surface area (Å²) < 4.78 is 10.9. The highest BCUT2D eigenvalue weighted by Crippen LogP contribution is 2.36. The fourth-order valence-corrected chi connectivity index (χ4v) is 2.91. The zero-order chi connectivity index (χ0) is 17.2. The van der Waals surface area contributed by atoms with Gasteiger partial charge in [0.2, 0.25) is 6.79 Å². The average Bonchev–Trinajstić information content (AvgIpc) is 3.30. The lowest BCUT2D eigenvalue weighted by molar-refractivity contribution is 0.174. The Labute approximate surface area is 145 Å². The molecule has 0 fully saturated rings. The second-order valence-corrected chi connectivity index (χ2v) is 6.06. The smallest absolute Gasteiger partial charge is 0.231 e. The van der Waals surface area contributed by atoms with Crippen LogP contribution in [-0.4, -0.2) is 38.9 Å². The lowest BCUT2D eigenvalue weighted by atomic mass is 10.1. The third-order valence-electron chi connectivity index (χ3n) is 4.49. The van der Waals surface area contributed by atoms with Crippen LogP contribution in [0.25, 0.3) is 11.3 Å². The van der Waals surface area contributed by atoms with Crippen molar-refractivity contribution in [3.63, 3.8) is 0 Å². The van der Waals surface area contributed by atoms with Crippen LogP contribution in [0.4, 0.5) is 0 Å². The van der Waals surface area contributed by atoms with Crippen LogP contribution in [0.1, 0.15) is 24.2 Å². The van der Waals surface area contributed by atoms with Crippen LogP contribution in [0.3, 0.4) is 0 Å². The molecule has 0 spiro atoms. The molecule has 1 N–H and O–H groups in total. The summed E-state index contributed by atoms with van der Waals surface area (Å²) in [7, 11) is 2.07. The highest BCUT2D eigenvalue weighted by molar-refractivity contribution is 5.66. The van der Waals surface area contributed by atoms with Crippen LogP contribution in [0.5, 0.6) is 11.5 Å². The molecular formula is C18H19N5O2. The molecule has 0 saturated carbocycles. The number of nitrogens with zero attached hydrogens (tertiary/aromatic N) is 4. The molecule has 0 aliphatic carbocycles. The molecule has 7 nitrogen and oxygen atoms in total. The Morgan fingerprint density at radius 3 is 2.96 bits per heavy atom. The van der Waals surface area contributed by atoms with Gasteiger partial charge in [-0.3, -0.25) is 10.00 Å². The molecule has 128 valence electrons. The first-order valence-electron chi connectivity index (χ1n) is 8.11. The molecular weight excluding hydrogens is 318 g/mol. The summed E-state index contributed by atoms with van der Waals surface area (Å²) in [5, 5.41) is 7.33. The maximum absolute atomic E-state index is 5.47. The molecule has 1 aromatic carbocycles. The van der Waals surface area contributed by atoms with Gasteiger partial charge in [0.15, 0.2) is 11.5 Å². The van der Waals surface area contributed by atoms with Crippen molar-refractivity contribution in [3.8, 4) is 22.8 Å². The molecule has 0 bridgehead atoms. The van der Waals surface area contributed by atoms with E-state index in [1.807, 2.05) is 30.5 Å². The number of ether oxygens (including phenoxy) is 2. The standard InChI is InChI=1S/C18H19N5O2/c1-12(15-5-6-19-10-20-15)23(2)9-14-8-21-22-18(14)13-3-4-16-17(7-13)25-11-24-16/h3-8,10,12H,9,11H2,1-2H3,(H,21,22)/t12-/m0/s1. The Kier molecular flexibility index (Phi) is 4.07. The van der Waals surface area contributed by atoms with E-state index in [1.54, 1.807) is 12.5 Å². The van der Waals surface area contributed by atoms with Crippen LogP contribution in [0, 0.1) is 0 Å². The minimum Gasteiger partial charge on any atom is -0.454 e. The second kappa shape index (κ2) is 6.52. The van der Waals surface area contributed by atoms with Gasteiger partial charge in [-0.1, -0.05) is 0 Å². The van der Waals surface area contributed by atoms with Gasteiger partial charge in [-0.2, -0.15) is 5.10 Å². The summed E-state index contributed by atoms with van der Waals surface area (Å²) in [4.78, 5) is 10.5. The van der Waals surface area contributed by atoms with E-state index in [0.717, 1.165) is 40.6 Å². The molecule has 25 heavy (non-hydrogen) atoms. The van der Waals surface area contributed by atoms with Crippen molar-refractivity contribution in [2.45, 2.75) is 19.5 Å². The van der Waals surface area contributed by atoms with Gasteiger partial charge in [0.25, 0.3) is 0 Å². The van der Waals surface area contributed by atoms with Crippen LogP contribution < -0.4 is 9.47 Å². The maximum Gasteiger partial charge on any atom is 0.231 e. The predicted molar refractivity (Wildman–Crippen MR) is 92.1 cm³/mol. The highest BCUT2D eigenvalue weighted by Gasteiger charge is 2.19. The lowest BCUT2D eigenvalue weighted by Crippen LogP contribution is -2.22. The van der Waals surface area contributed by atoms with Crippen LogP contribution in [0.15, 0.2) is 43.0 Å². The Hall–Kier alpha value is -2.93. The number of benzene rings is 1. The zero-order valence-corrected chi connectivity index (χ0v) is 14.1. The van der Waals surface area contributed by atoms with E-state index < -0.39 is 0 Å². The van der Waals surface area contributed by atoms with Gasteiger partial charge in [0.1, 0.15) is 6.33 Å². The van der Waals surface area contributed by atoms with Gasteiger partial charge >= 0.3 is 0 Å². The first kappa shape index (κ1) is 15.6. The van der Waals surface area contributed by atoms with Crippen LogP contribution >= 0.6 is 0 Å². The molecule has 0 unspecified atom stereocenters. The molecule has 3 heterocycles. The van der Waals surface area contributed by atoms with E-state index >= 15 is 0 Å². The molecule has 3 aromatic rings. The maximum atomic E-state index is 5.47. The number of aromatic amines is 1. The first-order chi connectivity index (χ1) is 12.2. The summed E-state index contributed by atoms with van der Waals surface area (Å²) in [6, 6.07) is 8.03. The Morgan fingerprint density at radius 2 is 2.12 bits per heavy atom. The topological polar surface area (TPSA) is 76.2 Å². The largest absolute Gasteiger partial charge is 0.454 e. The Morgan fingerprint density at radius 1 is 1.24 bits per heavy atom. The summed E-state index contributed by atoms with van der Waals surface area (Å²) in [5.41, 5.74) is 4.12. The summed E-state index contributed by atoms with van der Waals surface area (Å²) in [6.45, 7) is 3.14. The van der Waals surface area contributed by atoms with E-state index in [0.29, 0.717) is 0 Å². The monoisotopic (exact) mass is 337 g/mol. The number of hydrogen-bond acceptors (Lipinski definition) is 6. The summed E-state index contributed by atoms with van der Waals surface area (Å²) in [5.74, 6) is 1.54. The van der Waals surface area contributed by atoms with E-state index in [2.05, 4.69) is 39.0 Å². The van der Waals surface area contributed by atoms with Crippen molar-refractivity contribution in [2.24, 2.45) is 0 Å². The van der Waals surface area contributed by atoms with Crippen molar-refractivity contribution in [1.82, 2.24) is 25.1 Å². The predicted octanol–water partition coefficient (Wildman–Crippen LogP) is 2.79. The number of H-pyrrole nitrogens is 1. The SMILES string of the molecule is C[C@@H](c1ccncn1)N(C)Cc1cn[nH]c1-c1ccc2c(c1)OCO2. The number of hydrogen-bond donors (Lipinski definition) is 1. The van der Waals surface area contributed by atoms with Gasteiger partial charge in [0, 0.05) is 29.9 Å². The molecule has 0 saturated heterocycles. The van der Waals surface area contributed by atoms with Crippen LogP contribution in [-0.2, 0) is 6.54 Å². The van der Waals surface area contributed by atoms with Crippen molar-refractivity contribution in [1.29, 1.82) is 0 Å². The van der Waals surface area contributed by atoms with E-state index in [9.17, 15) is 0 Å². The number of nitrogens with one attached hydrogen (secondary N) is 1. The number of rotatable bonds is 5. The van der Waals surface area contributed by atoms with Gasteiger partial charge in [-0.15, -0.1) is 0 Å². The first-order valence-corrected chi connectivity index (χ1v) is 8.11. The van der Waals surface area contributed by atoms with Gasteiger partial charge in [-0.05, 0) is 38.2 Å². The Balaban J connectivity index is 1.56. The van der Waals surface area contributed by atoms with Crippen LogP contribution in [0.2, 0.25) is 0 Å². The normalized spacial score (nSPS) is 14.0. The average molecular weight is 337 g/mol. The quantitative estimate of drug-likeness (QED) is 0.771. The molecule has 1 aliphatic rings. The van der Waals surface area contributed by atoms with E-state index in [1.165, 1.54) is 0 Å². The molecule has 4 rings (SSSR count). The summed E-state index contributed by atoms with van der Waals surface area (Å²) >= 11 is 0. The fourth-order valence-electron chi connectivity index (χ4n) is 2.91. The van der Waals surface area contributed by atoms with Gasteiger partial charge < -0.3 is 9.47 Å². The molecule has 2 aromatic heterocycles. The Bertz CT molecular complexity index is 865. The summed E-state index contributed by atoms with van der Waals surface area (Å²) in [6.07, 6.45) is 5.21. The van der Waals surface area contributed by atoms with Crippen molar-refractivity contribution in [2.75, 3.05) is 13.8 Å². The van der Waals surface area contributed by atoms with Gasteiger partial charge in [-0.25, -0.2) is 9.97 Å². The number of fused-ring (bicyclic) bond motifs is 1. The molecule has 0 radical (unpaired) electrons. The third-order valence-corrected chi connectivity index (χ3v) is 4.49. The van der Waals surface area contributed by atoms with Crippen molar-refractivity contribution < 1.29 is 9.47 Å². The second-order valence-electron chi connectivity index (χ2n) is 6.06.